The average Bonchev–Trinajstić information content (AvgIpc) is 3.15. The van der Waals surface area contributed by atoms with Gasteiger partial charge in [0.2, 0.25) is 5.91 Å². The fraction of sp³-hybridized carbons (Fsp3) is 0.273. The number of benzene rings is 1. The van der Waals surface area contributed by atoms with E-state index in [1.54, 1.807) is 12.3 Å². The zero-order valence-corrected chi connectivity index (χ0v) is 18.0. The summed E-state index contributed by atoms with van der Waals surface area (Å²) < 4.78 is 0. The smallest absolute Gasteiger partial charge is 0.270 e. The summed E-state index contributed by atoms with van der Waals surface area (Å²) in [6, 6.07) is 13.9. The molecule has 0 aromatic carbocycles. The number of nitrogens with zero attached hydrogens (tertiary/aromatic N) is 3. The van der Waals surface area contributed by atoms with E-state index in [1.807, 2.05) is 17.0 Å². The molecular weight excluding hydrogens is 412 g/mol. The predicted octanol–water partition coefficient (Wildman–Crippen LogP) is 3.50. The third-order valence-corrected chi connectivity index (χ3v) is 5.99. The number of carbonyl (C=O) groups is 2. The van der Waals surface area contributed by atoms with Crippen LogP contribution in [0.25, 0.3) is 11.1 Å². The Morgan fingerprint density at radius 1 is 1.16 bits per heavy atom. The highest BCUT2D eigenvalue weighted by atomic mass is 32.1. The second-order valence-electron chi connectivity index (χ2n) is 7.36. The first-order valence-electron chi connectivity index (χ1n) is 10.1. The molecule has 1 fully saturated rings. The molecule has 0 radical (unpaired) electrons. The van der Waals surface area contributed by atoms with Crippen LogP contribution in [0, 0.1) is 0 Å². The molecule has 0 bridgehead atoms. The Balaban J connectivity index is 0.000000325. The van der Waals surface area contributed by atoms with Crippen molar-refractivity contribution >= 4 is 39.1 Å². The molecule has 1 unspecified atom stereocenters. The zero-order valence-electron chi connectivity index (χ0n) is 17.2. The number of primary amides is 1. The number of rotatable bonds is 5. The lowest BCUT2D eigenvalue weighted by Crippen LogP contribution is -2.50. The van der Waals surface area contributed by atoms with E-state index < -0.39 is 5.91 Å². The lowest BCUT2D eigenvalue weighted by molar-refractivity contribution is -0.119. The van der Waals surface area contributed by atoms with Gasteiger partial charge in [-0.3, -0.25) is 9.59 Å². The Bertz CT molecular complexity index is 1070. The summed E-state index contributed by atoms with van der Waals surface area (Å²) in [7, 11) is 0. The van der Waals surface area contributed by atoms with E-state index in [4.69, 9.17) is 5.73 Å². The first kappa shape index (κ1) is 20.8. The van der Waals surface area contributed by atoms with Gasteiger partial charge in [0, 0.05) is 19.7 Å². The maximum atomic E-state index is 11.8. The molecule has 2 aromatic rings. The number of pyridine rings is 1. The van der Waals surface area contributed by atoms with E-state index in [1.165, 1.54) is 29.4 Å². The number of nitrogens with two attached hydrogens (primary N) is 1. The minimum atomic E-state index is -0.603. The van der Waals surface area contributed by atoms with Crippen molar-refractivity contribution in [2.24, 2.45) is 5.73 Å². The van der Waals surface area contributed by atoms with Gasteiger partial charge >= 0.3 is 0 Å². The SMILES string of the molecule is CC(=O)NC1CCCCN1c1nc(C(N)=O)c(Nc2ccccn2)s1.c1cc2cc-2c1. The standard InChI is InChI=1S/C16H20N6O2S.C6H4/c1-10(23)19-12-7-3-5-9-22(12)16-21-13(14(17)24)15(25-16)20-11-6-2-4-8-18-11;1-2-5-4-6(5)3-1/h2,4,6,8,12H,3,5,7,9H2,1H3,(H2,17,24)(H,18,20)(H,19,23);1-4H. The summed E-state index contributed by atoms with van der Waals surface area (Å²) in [5, 5.41) is 7.25. The number of hydrogen-bond donors (Lipinski definition) is 3. The Morgan fingerprint density at radius 3 is 2.55 bits per heavy atom. The zero-order chi connectivity index (χ0) is 21.8. The van der Waals surface area contributed by atoms with Crippen molar-refractivity contribution in [1.82, 2.24) is 15.3 Å². The van der Waals surface area contributed by atoms with Gasteiger partial charge in [-0.25, -0.2) is 9.97 Å². The molecule has 1 atom stereocenters. The number of carbonyl (C=O) groups excluding carboxylic acids is 2. The Labute approximate surface area is 184 Å². The molecule has 31 heavy (non-hydrogen) atoms. The maximum Gasteiger partial charge on any atom is 0.270 e. The molecule has 0 saturated carbocycles. The van der Waals surface area contributed by atoms with E-state index in [0.717, 1.165) is 25.8 Å². The topological polar surface area (TPSA) is 113 Å². The van der Waals surface area contributed by atoms with Gasteiger partial charge in [0.25, 0.3) is 5.91 Å². The average molecular weight is 437 g/mol. The van der Waals surface area contributed by atoms with Crippen LogP contribution < -0.4 is 21.3 Å². The van der Waals surface area contributed by atoms with Crippen molar-refractivity contribution in [1.29, 1.82) is 0 Å². The first-order valence-corrected chi connectivity index (χ1v) is 11.0. The number of hydrogen-bond acceptors (Lipinski definition) is 7. The molecule has 4 N–H and O–H groups in total. The lowest BCUT2D eigenvalue weighted by atomic mass is 10.1. The quantitative estimate of drug-likeness (QED) is 0.441. The Kier molecular flexibility index (Phi) is 6.13. The van der Waals surface area contributed by atoms with Crippen molar-refractivity contribution < 1.29 is 9.59 Å². The Hall–Kier alpha value is -3.46. The van der Waals surface area contributed by atoms with Crippen LogP contribution >= 0.6 is 11.3 Å². The molecule has 9 heteroatoms. The Morgan fingerprint density at radius 2 is 1.97 bits per heavy atom. The molecule has 160 valence electrons. The van der Waals surface area contributed by atoms with E-state index in [9.17, 15) is 9.59 Å². The molecule has 3 heterocycles. The van der Waals surface area contributed by atoms with Gasteiger partial charge in [-0.15, -0.1) is 0 Å². The van der Waals surface area contributed by atoms with Crippen LogP contribution in [0.3, 0.4) is 0 Å². The third-order valence-electron chi connectivity index (χ3n) is 4.99. The molecule has 0 spiro atoms. The number of thiazole rings is 1. The highest BCUT2D eigenvalue weighted by Crippen LogP contribution is 2.35. The maximum absolute atomic E-state index is 11.8. The largest absolute Gasteiger partial charge is 0.364 e. The fourth-order valence-corrected chi connectivity index (χ4v) is 4.51. The third kappa shape index (κ3) is 5.18. The van der Waals surface area contributed by atoms with E-state index in [-0.39, 0.29) is 17.8 Å². The summed E-state index contributed by atoms with van der Waals surface area (Å²) in [5.74, 6) is -0.0818. The number of fused-ring (bicyclic) bond motifs is 1. The van der Waals surface area contributed by atoms with Gasteiger partial charge < -0.3 is 21.3 Å². The van der Waals surface area contributed by atoms with Crippen molar-refractivity contribution in [3.05, 3.63) is 54.4 Å². The normalized spacial score (nSPS) is 16.0. The number of amides is 2. The number of anilines is 3. The molecule has 2 amide bonds. The highest BCUT2D eigenvalue weighted by molar-refractivity contribution is 7.20. The summed E-state index contributed by atoms with van der Waals surface area (Å²) in [6.07, 6.45) is 4.42. The van der Waals surface area contributed by atoms with Gasteiger partial charge in [0.05, 0.1) is 0 Å². The van der Waals surface area contributed by atoms with Crippen LogP contribution in [0.1, 0.15) is 36.7 Å². The van der Waals surface area contributed by atoms with Crippen molar-refractivity contribution in [2.45, 2.75) is 32.4 Å². The predicted molar refractivity (Wildman–Crippen MR) is 122 cm³/mol. The van der Waals surface area contributed by atoms with Crippen LogP contribution in [0.4, 0.5) is 16.0 Å². The number of piperidine rings is 1. The van der Waals surface area contributed by atoms with Gasteiger partial charge in [-0.05, 0) is 48.6 Å². The first-order chi connectivity index (χ1) is 15.0. The summed E-state index contributed by atoms with van der Waals surface area (Å²) in [6.45, 7) is 2.26. The van der Waals surface area contributed by atoms with Crippen LogP contribution in [-0.4, -0.2) is 34.5 Å². The van der Waals surface area contributed by atoms with E-state index in [0.29, 0.717) is 16.0 Å². The van der Waals surface area contributed by atoms with Gasteiger partial charge in [-0.2, -0.15) is 0 Å². The van der Waals surface area contributed by atoms with Gasteiger partial charge in [0.1, 0.15) is 17.0 Å². The molecular formula is C22H24N6O2S. The lowest BCUT2D eigenvalue weighted by Gasteiger charge is -2.35. The molecule has 1 saturated heterocycles. The van der Waals surface area contributed by atoms with E-state index in [2.05, 4.69) is 44.9 Å². The molecule has 8 nitrogen and oxygen atoms in total. The van der Waals surface area contributed by atoms with Crippen LogP contribution in [-0.2, 0) is 4.79 Å². The number of aromatic nitrogens is 2. The fourth-order valence-electron chi connectivity index (χ4n) is 3.46. The molecule has 5 rings (SSSR count). The van der Waals surface area contributed by atoms with Gasteiger partial charge in [0.15, 0.2) is 10.8 Å². The monoisotopic (exact) mass is 436 g/mol. The van der Waals surface area contributed by atoms with Crippen molar-refractivity contribution in [3.63, 3.8) is 0 Å². The summed E-state index contributed by atoms with van der Waals surface area (Å²) in [4.78, 5) is 33.9. The second-order valence-corrected chi connectivity index (χ2v) is 8.34. The minimum Gasteiger partial charge on any atom is -0.364 e. The minimum absolute atomic E-state index is 0.0876. The second kappa shape index (κ2) is 9.13. The van der Waals surface area contributed by atoms with Gasteiger partial charge in [-0.1, -0.05) is 35.6 Å². The van der Waals surface area contributed by atoms with Crippen LogP contribution in [0.15, 0.2) is 48.7 Å². The number of nitrogens with one attached hydrogen (secondary N) is 2. The molecule has 2 aromatic heterocycles. The molecule has 3 aliphatic rings. The highest BCUT2D eigenvalue weighted by Gasteiger charge is 2.28. The molecule has 1 aliphatic heterocycles. The molecule has 2 aliphatic carbocycles. The summed E-state index contributed by atoms with van der Waals surface area (Å²) >= 11 is 1.33. The van der Waals surface area contributed by atoms with Crippen molar-refractivity contribution in [3.8, 4) is 11.1 Å². The van der Waals surface area contributed by atoms with Crippen LogP contribution in [0.2, 0.25) is 0 Å². The van der Waals surface area contributed by atoms with Crippen molar-refractivity contribution in [2.75, 3.05) is 16.8 Å². The van der Waals surface area contributed by atoms with E-state index >= 15 is 0 Å². The van der Waals surface area contributed by atoms with Crippen LogP contribution in [0.5, 0.6) is 0 Å². The summed E-state index contributed by atoms with van der Waals surface area (Å²) in [5.41, 5.74) is 8.51.